The van der Waals surface area contributed by atoms with Crippen molar-refractivity contribution >= 4 is 5.96 Å². The molecule has 2 saturated heterocycles. The van der Waals surface area contributed by atoms with Crippen LogP contribution in [0.5, 0.6) is 11.5 Å². The summed E-state index contributed by atoms with van der Waals surface area (Å²) < 4.78 is 17.4. The standard InChI is InChI=1S/C22H33N3O3/c1-23-21(25-11-9-22(15-25)10-12-27-16-22)24-14-17-7-8-19(20(13-17)26-2)28-18-5-3-4-6-18/h7-8,13,18H,3-6,9-12,14-16H2,1-2H3,(H,23,24). The number of ether oxygens (including phenoxy) is 3. The van der Waals surface area contributed by atoms with Gasteiger partial charge in [-0.25, -0.2) is 0 Å². The van der Waals surface area contributed by atoms with Crippen LogP contribution in [0, 0.1) is 5.41 Å². The third kappa shape index (κ3) is 4.22. The molecule has 1 aliphatic carbocycles. The van der Waals surface area contributed by atoms with Crippen molar-refractivity contribution in [3.8, 4) is 11.5 Å². The van der Waals surface area contributed by atoms with Gasteiger partial charge in [-0.3, -0.25) is 4.99 Å². The summed E-state index contributed by atoms with van der Waals surface area (Å²) in [6, 6.07) is 6.22. The van der Waals surface area contributed by atoms with E-state index in [4.69, 9.17) is 14.2 Å². The SMILES string of the molecule is CN=C(NCc1ccc(OC2CCCC2)c(OC)c1)N1CCC2(CCOC2)C1. The van der Waals surface area contributed by atoms with E-state index in [0.717, 1.165) is 62.2 Å². The number of benzene rings is 1. The van der Waals surface area contributed by atoms with Crippen LogP contribution in [-0.2, 0) is 11.3 Å². The first kappa shape index (κ1) is 19.4. The summed E-state index contributed by atoms with van der Waals surface area (Å²) in [5, 5.41) is 3.52. The Kier molecular flexibility index (Phi) is 5.95. The van der Waals surface area contributed by atoms with Crippen LogP contribution in [0.4, 0.5) is 0 Å². The van der Waals surface area contributed by atoms with E-state index in [0.29, 0.717) is 18.1 Å². The van der Waals surface area contributed by atoms with E-state index in [1.165, 1.54) is 25.7 Å². The highest BCUT2D eigenvalue weighted by Crippen LogP contribution is 2.38. The average Bonchev–Trinajstić information content (AvgIpc) is 3.47. The molecule has 4 rings (SSSR count). The smallest absolute Gasteiger partial charge is 0.193 e. The molecule has 1 aromatic carbocycles. The van der Waals surface area contributed by atoms with Crippen molar-refractivity contribution in [2.75, 3.05) is 40.5 Å². The molecule has 1 aromatic rings. The van der Waals surface area contributed by atoms with Gasteiger partial charge in [0.25, 0.3) is 0 Å². The van der Waals surface area contributed by atoms with E-state index in [1.54, 1.807) is 7.11 Å². The van der Waals surface area contributed by atoms with Gasteiger partial charge in [-0.05, 0) is 56.2 Å². The van der Waals surface area contributed by atoms with Crippen LogP contribution >= 0.6 is 0 Å². The third-order valence-electron chi connectivity index (χ3n) is 6.41. The monoisotopic (exact) mass is 387 g/mol. The molecule has 2 heterocycles. The summed E-state index contributed by atoms with van der Waals surface area (Å²) in [5.74, 6) is 2.63. The van der Waals surface area contributed by atoms with E-state index in [1.807, 2.05) is 13.1 Å². The molecular weight excluding hydrogens is 354 g/mol. The molecule has 6 heteroatoms. The van der Waals surface area contributed by atoms with E-state index in [-0.39, 0.29) is 0 Å². The van der Waals surface area contributed by atoms with Crippen LogP contribution in [0.2, 0.25) is 0 Å². The zero-order valence-corrected chi connectivity index (χ0v) is 17.2. The molecule has 1 N–H and O–H groups in total. The molecule has 154 valence electrons. The number of aliphatic imine (C=N–C) groups is 1. The predicted octanol–water partition coefficient (Wildman–Crippen LogP) is 3.20. The number of rotatable bonds is 5. The second kappa shape index (κ2) is 8.60. The molecule has 0 amide bonds. The van der Waals surface area contributed by atoms with E-state index >= 15 is 0 Å². The topological polar surface area (TPSA) is 55.3 Å². The molecule has 0 radical (unpaired) electrons. The quantitative estimate of drug-likeness (QED) is 0.621. The van der Waals surface area contributed by atoms with Crippen molar-refractivity contribution in [1.82, 2.24) is 10.2 Å². The van der Waals surface area contributed by atoms with E-state index in [2.05, 4.69) is 27.3 Å². The number of nitrogens with zero attached hydrogens (tertiary/aromatic N) is 2. The molecule has 1 atom stereocenters. The average molecular weight is 388 g/mol. The Morgan fingerprint density at radius 1 is 1.29 bits per heavy atom. The summed E-state index contributed by atoms with van der Waals surface area (Å²) in [7, 11) is 3.57. The zero-order valence-electron chi connectivity index (χ0n) is 17.2. The zero-order chi connectivity index (χ0) is 19.4. The molecule has 1 unspecified atom stereocenters. The van der Waals surface area contributed by atoms with E-state index < -0.39 is 0 Å². The lowest BCUT2D eigenvalue weighted by molar-refractivity contribution is 0.156. The van der Waals surface area contributed by atoms with Gasteiger partial charge in [-0.2, -0.15) is 0 Å². The second-order valence-corrected chi connectivity index (χ2v) is 8.38. The lowest BCUT2D eigenvalue weighted by Crippen LogP contribution is -2.41. The van der Waals surface area contributed by atoms with Gasteiger partial charge >= 0.3 is 0 Å². The number of nitrogens with one attached hydrogen (secondary N) is 1. The number of hydrogen-bond acceptors (Lipinski definition) is 4. The molecule has 6 nitrogen and oxygen atoms in total. The molecule has 28 heavy (non-hydrogen) atoms. The first-order chi connectivity index (χ1) is 13.7. The van der Waals surface area contributed by atoms with Crippen molar-refractivity contribution in [3.05, 3.63) is 23.8 Å². The van der Waals surface area contributed by atoms with Gasteiger partial charge in [0.1, 0.15) is 0 Å². The van der Waals surface area contributed by atoms with Gasteiger partial charge in [0.2, 0.25) is 0 Å². The Morgan fingerprint density at radius 3 is 2.86 bits per heavy atom. The Hall–Kier alpha value is -1.95. The van der Waals surface area contributed by atoms with Crippen LogP contribution < -0.4 is 14.8 Å². The molecule has 0 bridgehead atoms. The summed E-state index contributed by atoms with van der Waals surface area (Å²) in [4.78, 5) is 6.87. The number of likely N-dealkylation sites (tertiary alicyclic amines) is 1. The highest BCUT2D eigenvalue weighted by molar-refractivity contribution is 5.80. The molecule has 0 aromatic heterocycles. The minimum atomic E-state index is 0.332. The van der Waals surface area contributed by atoms with Gasteiger partial charge in [-0.1, -0.05) is 6.07 Å². The number of hydrogen-bond donors (Lipinski definition) is 1. The summed E-state index contributed by atoms with van der Waals surface area (Å²) in [5.41, 5.74) is 1.50. The van der Waals surface area contributed by atoms with Gasteiger partial charge < -0.3 is 24.4 Å². The maximum Gasteiger partial charge on any atom is 0.193 e. The summed E-state index contributed by atoms with van der Waals surface area (Å²) in [6.45, 7) is 4.58. The van der Waals surface area contributed by atoms with Gasteiger partial charge in [0.15, 0.2) is 17.5 Å². The first-order valence-corrected chi connectivity index (χ1v) is 10.6. The van der Waals surface area contributed by atoms with Gasteiger partial charge in [0.05, 0.1) is 19.8 Å². The fraction of sp³-hybridized carbons (Fsp3) is 0.682. The lowest BCUT2D eigenvalue weighted by atomic mass is 9.87. The normalized spacial score (nSPS) is 25.6. The summed E-state index contributed by atoms with van der Waals surface area (Å²) in [6.07, 6.45) is 7.50. The lowest BCUT2D eigenvalue weighted by Gasteiger charge is -2.25. The van der Waals surface area contributed by atoms with Crippen LogP contribution in [0.25, 0.3) is 0 Å². The highest BCUT2D eigenvalue weighted by atomic mass is 16.5. The fourth-order valence-electron chi connectivity index (χ4n) is 4.71. The second-order valence-electron chi connectivity index (χ2n) is 8.38. The maximum atomic E-state index is 6.14. The summed E-state index contributed by atoms with van der Waals surface area (Å²) >= 11 is 0. The third-order valence-corrected chi connectivity index (χ3v) is 6.41. The minimum Gasteiger partial charge on any atom is -0.493 e. The fourth-order valence-corrected chi connectivity index (χ4v) is 4.71. The largest absolute Gasteiger partial charge is 0.493 e. The Morgan fingerprint density at radius 2 is 2.14 bits per heavy atom. The molecule has 3 fully saturated rings. The predicted molar refractivity (Wildman–Crippen MR) is 110 cm³/mol. The maximum absolute atomic E-state index is 6.14. The Labute approximate surface area is 168 Å². The molecule has 3 aliphatic rings. The van der Waals surface area contributed by atoms with Crippen molar-refractivity contribution in [1.29, 1.82) is 0 Å². The van der Waals surface area contributed by atoms with Crippen molar-refractivity contribution in [2.45, 2.75) is 51.2 Å². The first-order valence-electron chi connectivity index (χ1n) is 10.6. The molecule has 2 aliphatic heterocycles. The van der Waals surface area contributed by atoms with Crippen molar-refractivity contribution in [2.24, 2.45) is 10.4 Å². The number of methoxy groups -OCH3 is 1. The Balaban J connectivity index is 1.35. The van der Waals surface area contributed by atoms with Gasteiger partial charge in [-0.15, -0.1) is 0 Å². The van der Waals surface area contributed by atoms with Crippen LogP contribution in [0.15, 0.2) is 23.2 Å². The van der Waals surface area contributed by atoms with Crippen LogP contribution in [0.3, 0.4) is 0 Å². The van der Waals surface area contributed by atoms with Crippen LogP contribution in [-0.4, -0.2) is 57.4 Å². The minimum absolute atomic E-state index is 0.332. The molecule has 1 spiro atoms. The van der Waals surface area contributed by atoms with Crippen molar-refractivity contribution < 1.29 is 14.2 Å². The number of guanidine groups is 1. The Bertz CT molecular complexity index is 694. The highest BCUT2D eigenvalue weighted by Gasteiger charge is 2.42. The van der Waals surface area contributed by atoms with E-state index in [9.17, 15) is 0 Å². The van der Waals surface area contributed by atoms with Crippen molar-refractivity contribution in [3.63, 3.8) is 0 Å². The molecule has 1 saturated carbocycles. The van der Waals surface area contributed by atoms with Gasteiger partial charge in [0, 0.05) is 38.7 Å². The van der Waals surface area contributed by atoms with Crippen LogP contribution in [0.1, 0.15) is 44.1 Å². The molecular formula is C22H33N3O3.